The summed E-state index contributed by atoms with van der Waals surface area (Å²) in [5.41, 5.74) is 5.58. The quantitative estimate of drug-likeness (QED) is 0.756. The molecule has 0 radical (unpaired) electrons. The van der Waals surface area contributed by atoms with Gasteiger partial charge in [-0.1, -0.05) is 24.8 Å². The molecular formula is C25H27N3O2. The summed E-state index contributed by atoms with van der Waals surface area (Å²) >= 11 is 0. The van der Waals surface area contributed by atoms with Gasteiger partial charge in [-0.2, -0.15) is 0 Å². The molecule has 5 nitrogen and oxygen atoms in total. The van der Waals surface area contributed by atoms with E-state index in [1.807, 2.05) is 23.1 Å². The lowest BCUT2D eigenvalue weighted by atomic mass is 10.0. The van der Waals surface area contributed by atoms with Crippen LogP contribution in [-0.4, -0.2) is 36.0 Å². The third kappa shape index (κ3) is 4.62. The van der Waals surface area contributed by atoms with Gasteiger partial charge in [0.2, 0.25) is 5.91 Å². The number of benzene rings is 1. The van der Waals surface area contributed by atoms with Gasteiger partial charge in [0.25, 0.3) is 0 Å². The molecule has 0 atom stereocenters. The number of aromatic nitrogens is 1. The Hall–Kier alpha value is -3.34. The first kappa shape index (κ1) is 20.0. The Bertz CT molecular complexity index is 1010. The van der Waals surface area contributed by atoms with Crippen molar-refractivity contribution in [1.82, 2.24) is 9.88 Å². The highest BCUT2D eigenvalue weighted by atomic mass is 16.5. The zero-order valence-electron chi connectivity index (χ0n) is 17.4. The number of amides is 1. The summed E-state index contributed by atoms with van der Waals surface area (Å²) < 4.78 is 5.24. The second-order valence-corrected chi connectivity index (χ2v) is 7.68. The van der Waals surface area contributed by atoms with E-state index in [-0.39, 0.29) is 5.91 Å². The first-order valence-electron chi connectivity index (χ1n) is 10.4. The summed E-state index contributed by atoms with van der Waals surface area (Å²) in [6.45, 7) is 5.34. The van der Waals surface area contributed by atoms with Gasteiger partial charge >= 0.3 is 0 Å². The van der Waals surface area contributed by atoms with Crippen LogP contribution in [0.2, 0.25) is 0 Å². The summed E-state index contributed by atoms with van der Waals surface area (Å²) in [5, 5.41) is 3.22. The second kappa shape index (κ2) is 8.99. The molecule has 3 heterocycles. The molecule has 5 heteroatoms. The molecule has 2 aliphatic heterocycles. The van der Waals surface area contributed by atoms with E-state index >= 15 is 0 Å². The van der Waals surface area contributed by atoms with Crippen molar-refractivity contribution in [3.63, 3.8) is 0 Å². The number of carbonyl (C=O) groups excluding carboxylic acids is 1. The van der Waals surface area contributed by atoms with Gasteiger partial charge < -0.3 is 15.0 Å². The summed E-state index contributed by atoms with van der Waals surface area (Å²) in [7, 11) is 1.67. The largest absolute Gasteiger partial charge is 0.497 e. The second-order valence-electron chi connectivity index (χ2n) is 7.68. The average Bonchev–Trinajstić information content (AvgIpc) is 3.04. The van der Waals surface area contributed by atoms with E-state index in [0.717, 1.165) is 55.1 Å². The molecule has 4 rings (SSSR count). The number of aryl methyl sites for hydroxylation is 1. The van der Waals surface area contributed by atoms with Crippen molar-refractivity contribution in [2.45, 2.75) is 25.7 Å². The van der Waals surface area contributed by atoms with Crippen LogP contribution in [0.1, 0.15) is 36.0 Å². The maximum absolute atomic E-state index is 12.7. The third-order valence-corrected chi connectivity index (χ3v) is 5.60. The molecule has 30 heavy (non-hydrogen) atoms. The van der Waals surface area contributed by atoms with E-state index in [9.17, 15) is 4.79 Å². The molecule has 0 bridgehead atoms. The highest BCUT2D eigenvalue weighted by Gasteiger charge is 2.15. The fraction of sp³-hybridized carbons (Fsp3) is 0.280. The van der Waals surface area contributed by atoms with E-state index in [1.54, 1.807) is 19.4 Å². The predicted molar refractivity (Wildman–Crippen MR) is 121 cm³/mol. The molecule has 1 aromatic carbocycles. The summed E-state index contributed by atoms with van der Waals surface area (Å²) in [6, 6.07) is 10.2. The summed E-state index contributed by atoms with van der Waals surface area (Å²) in [4.78, 5) is 19.1. The zero-order valence-corrected chi connectivity index (χ0v) is 17.4. The van der Waals surface area contributed by atoms with Crippen LogP contribution in [0.15, 0.2) is 61.0 Å². The fourth-order valence-corrected chi connectivity index (χ4v) is 3.85. The number of pyridine rings is 1. The molecule has 0 saturated carbocycles. The monoisotopic (exact) mass is 401 g/mol. The maximum Gasteiger partial charge on any atom is 0.246 e. The molecule has 2 aromatic rings. The number of fused-ring (bicyclic) bond motifs is 1. The highest BCUT2D eigenvalue weighted by molar-refractivity contribution is 5.92. The lowest BCUT2D eigenvalue weighted by Gasteiger charge is -2.19. The standard InChI is InChI=1S/C25H27N3O2/c1-18-5-7-22-16-19(17-26-25(22)27-18)6-12-24(29)28-14-3-4-20(13-15-28)21-8-10-23(30-2)11-9-21/h6,8-13,16-17H,1,3-5,7,14-15H2,2H3,(H,26,27)/b12-6+. The van der Waals surface area contributed by atoms with Crippen molar-refractivity contribution in [2.24, 2.45) is 0 Å². The molecule has 0 spiro atoms. The van der Waals surface area contributed by atoms with Crippen LogP contribution in [0.4, 0.5) is 5.82 Å². The van der Waals surface area contributed by atoms with Gasteiger partial charge in [-0.05, 0) is 72.2 Å². The van der Waals surface area contributed by atoms with Gasteiger partial charge in [-0.15, -0.1) is 0 Å². The minimum Gasteiger partial charge on any atom is -0.497 e. The number of ether oxygens (including phenoxy) is 1. The minimum atomic E-state index is 0.0338. The molecular weight excluding hydrogens is 374 g/mol. The Balaban J connectivity index is 1.41. The topological polar surface area (TPSA) is 54.5 Å². The SMILES string of the molecule is C=C1CCc2cc(/C=C/C(=O)N3CC=C(c4ccc(OC)cc4)CCC3)cnc2N1. The van der Waals surface area contributed by atoms with Crippen LogP contribution < -0.4 is 10.1 Å². The molecule has 1 aromatic heterocycles. The number of hydrogen-bond acceptors (Lipinski definition) is 4. The number of allylic oxidation sites excluding steroid dienone is 2. The van der Waals surface area contributed by atoms with Gasteiger partial charge in [0.15, 0.2) is 0 Å². The van der Waals surface area contributed by atoms with Crippen LogP contribution >= 0.6 is 0 Å². The fourth-order valence-electron chi connectivity index (χ4n) is 3.85. The smallest absolute Gasteiger partial charge is 0.246 e. The molecule has 1 amide bonds. The number of hydrogen-bond donors (Lipinski definition) is 1. The van der Waals surface area contributed by atoms with Crippen LogP contribution in [-0.2, 0) is 11.2 Å². The van der Waals surface area contributed by atoms with Crippen LogP contribution in [0, 0.1) is 0 Å². The zero-order chi connectivity index (χ0) is 20.9. The molecule has 2 aliphatic rings. The highest BCUT2D eigenvalue weighted by Crippen LogP contribution is 2.26. The predicted octanol–water partition coefficient (Wildman–Crippen LogP) is 4.68. The van der Waals surface area contributed by atoms with E-state index in [1.165, 1.54) is 16.7 Å². The Labute approximate surface area is 177 Å². The van der Waals surface area contributed by atoms with Crippen LogP contribution in [0.25, 0.3) is 11.6 Å². The first-order valence-corrected chi connectivity index (χ1v) is 10.4. The molecule has 1 N–H and O–H groups in total. The lowest BCUT2D eigenvalue weighted by molar-refractivity contribution is -0.125. The van der Waals surface area contributed by atoms with Gasteiger partial charge in [-0.3, -0.25) is 4.79 Å². The van der Waals surface area contributed by atoms with E-state index in [4.69, 9.17) is 4.74 Å². The minimum absolute atomic E-state index is 0.0338. The summed E-state index contributed by atoms with van der Waals surface area (Å²) in [5.74, 6) is 1.76. The lowest BCUT2D eigenvalue weighted by Crippen LogP contribution is -2.29. The normalized spacial score (nSPS) is 16.5. The van der Waals surface area contributed by atoms with Gasteiger partial charge in [-0.25, -0.2) is 4.98 Å². The molecule has 0 fully saturated rings. The molecule has 0 unspecified atom stereocenters. The summed E-state index contributed by atoms with van der Waals surface area (Å²) in [6.07, 6.45) is 11.2. The van der Waals surface area contributed by atoms with Crippen LogP contribution in [0.3, 0.4) is 0 Å². The number of rotatable bonds is 4. The van der Waals surface area contributed by atoms with Crippen molar-refractivity contribution in [3.8, 4) is 5.75 Å². The Morgan fingerprint density at radius 1 is 1.23 bits per heavy atom. The third-order valence-electron chi connectivity index (χ3n) is 5.60. The first-order chi connectivity index (χ1) is 14.6. The molecule has 0 aliphatic carbocycles. The van der Waals surface area contributed by atoms with Gasteiger partial charge in [0.05, 0.1) is 7.11 Å². The number of nitrogens with zero attached hydrogens (tertiary/aromatic N) is 2. The van der Waals surface area contributed by atoms with Crippen molar-refractivity contribution in [2.75, 3.05) is 25.5 Å². The number of nitrogens with one attached hydrogen (secondary N) is 1. The molecule has 154 valence electrons. The number of anilines is 1. The van der Waals surface area contributed by atoms with E-state index in [0.29, 0.717) is 6.54 Å². The molecule has 0 saturated heterocycles. The average molecular weight is 402 g/mol. The van der Waals surface area contributed by atoms with E-state index in [2.05, 4.69) is 41.2 Å². The van der Waals surface area contributed by atoms with Crippen LogP contribution in [0.5, 0.6) is 5.75 Å². The van der Waals surface area contributed by atoms with Gasteiger partial charge in [0, 0.05) is 31.1 Å². The Kier molecular flexibility index (Phi) is 5.98. The van der Waals surface area contributed by atoms with Crippen molar-refractivity contribution in [3.05, 3.63) is 77.6 Å². The van der Waals surface area contributed by atoms with Crippen molar-refractivity contribution < 1.29 is 9.53 Å². The Morgan fingerprint density at radius 2 is 2.07 bits per heavy atom. The van der Waals surface area contributed by atoms with Crippen molar-refractivity contribution in [1.29, 1.82) is 0 Å². The number of carbonyl (C=O) groups is 1. The van der Waals surface area contributed by atoms with Crippen molar-refractivity contribution >= 4 is 23.4 Å². The maximum atomic E-state index is 12.7. The van der Waals surface area contributed by atoms with Gasteiger partial charge in [0.1, 0.15) is 11.6 Å². The Morgan fingerprint density at radius 3 is 2.87 bits per heavy atom. The van der Waals surface area contributed by atoms with E-state index < -0.39 is 0 Å². The number of methoxy groups -OCH3 is 1.